The summed E-state index contributed by atoms with van der Waals surface area (Å²) in [5.74, 6) is -5.33. The Morgan fingerprint density at radius 2 is 1.35 bits per heavy atom. The van der Waals surface area contributed by atoms with Gasteiger partial charge in [0.05, 0.1) is 0 Å². The van der Waals surface area contributed by atoms with Gasteiger partial charge in [0.2, 0.25) is 5.91 Å². The van der Waals surface area contributed by atoms with E-state index in [1.807, 2.05) is 0 Å². The molecule has 0 radical (unpaired) electrons. The highest BCUT2D eigenvalue weighted by atomic mass is 19.1. The van der Waals surface area contributed by atoms with Gasteiger partial charge >= 0.3 is 0 Å². The van der Waals surface area contributed by atoms with Crippen molar-refractivity contribution in [2.75, 3.05) is 0 Å². The van der Waals surface area contributed by atoms with Gasteiger partial charge in [-0.25, -0.2) is 17.6 Å². The van der Waals surface area contributed by atoms with E-state index >= 15 is 0 Å². The summed E-state index contributed by atoms with van der Waals surface area (Å²) in [4.78, 5) is 23.9. The molecule has 3 aromatic rings. The van der Waals surface area contributed by atoms with Crippen LogP contribution >= 0.6 is 0 Å². The molecule has 3 rings (SSSR count). The molecule has 31 heavy (non-hydrogen) atoms. The molecule has 0 unspecified atom stereocenters. The maximum atomic E-state index is 14.1. The van der Waals surface area contributed by atoms with E-state index in [0.717, 1.165) is 18.2 Å². The second kappa shape index (κ2) is 9.25. The Kier molecular flexibility index (Phi) is 6.49. The summed E-state index contributed by atoms with van der Waals surface area (Å²) < 4.78 is 54.7. The number of benzene rings is 3. The fourth-order valence-corrected chi connectivity index (χ4v) is 2.81. The highest BCUT2D eigenvalue weighted by Gasteiger charge is 2.17. The van der Waals surface area contributed by atoms with Crippen LogP contribution in [-0.2, 0) is 11.3 Å². The number of carbonyl (C=O) groups excluding carboxylic acids is 2. The molecule has 0 aliphatic rings. The van der Waals surface area contributed by atoms with Crippen LogP contribution in [0.4, 0.5) is 17.6 Å². The third-order valence-corrected chi connectivity index (χ3v) is 4.42. The van der Waals surface area contributed by atoms with Crippen LogP contribution in [-0.4, -0.2) is 11.8 Å². The molecule has 4 nitrogen and oxygen atoms in total. The molecule has 0 saturated carbocycles. The molecule has 3 N–H and O–H groups in total. The summed E-state index contributed by atoms with van der Waals surface area (Å²) in [6, 6.07) is 11.9. The zero-order valence-corrected chi connectivity index (χ0v) is 16.0. The van der Waals surface area contributed by atoms with E-state index in [1.54, 1.807) is 12.1 Å². The summed E-state index contributed by atoms with van der Waals surface area (Å²) in [6.07, 6.45) is 0.933. The molecule has 0 spiro atoms. The van der Waals surface area contributed by atoms with Crippen LogP contribution in [0.5, 0.6) is 0 Å². The minimum absolute atomic E-state index is 0.0325. The van der Waals surface area contributed by atoms with Gasteiger partial charge in [0.15, 0.2) is 0 Å². The normalized spacial score (nSPS) is 11.3. The molecule has 0 aliphatic heterocycles. The van der Waals surface area contributed by atoms with Crippen LogP contribution in [0.2, 0.25) is 0 Å². The standard InChI is InChI=1S/C23H16F4N2O2/c24-16-7-5-14(6-8-16)18(11-19-20(26)9-17(25)10-21(19)27)23(31)29-12-13-1-3-15(4-2-13)22(28)30/h1-11H,12H2,(H2,28,30)(H,29,31)/b18-11+. The maximum Gasteiger partial charge on any atom is 0.252 e. The minimum Gasteiger partial charge on any atom is -0.366 e. The van der Waals surface area contributed by atoms with E-state index in [9.17, 15) is 27.2 Å². The van der Waals surface area contributed by atoms with Crippen LogP contribution in [0.1, 0.15) is 27.0 Å². The van der Waals surface area contributed by atoms with E-state index in [0.29, 0.717) is 23.3 Å². The van der Waals surface area contributed by atoms with Crippen LogP contribution in [0.3, 0.4) is 0 Å². The van der Waals surface area contributed by atoms with Crippen LogP contribution in [0.25, 0.3) is 11.6 Å². The molecule has 0 saturated heterocycles. The number of halogens is 4. The molecule has 0 aromatic heterocycles. The summed E-state index contributed by atoms with van der Waals surface area (Å²) in [7, 11) is 0. The minimum atomic E-state index is -1.19. The Morgan fingerprint density at radius 3 is 1.90 bits per heavy atom. The van der Waals surface area contributed by atoms with Crippen LogP contribution in [0.15, 0.2) is 60.7 Å². The first kappa shape index (κ1) is 21.8. The number of hydrogen-bond donors (Lipinski definition) is 2. The van der Waals surface area contributed by atoms with E-state index in [1.165, 1.54) is 24.3 Å². The second-order valence-corrected chi connectivity index (χ2v) is 6.59. The zero-order valence-electron chi connectivity index (χ0n) is 16.0. The van der Waals surface area contributed by atoms with Crippen molar-refractivity contribution in [2.45, 2.75) is 6.54 Å². The van der Waals surface area contributed by atoms with Crippen molar-refractivity contribution in [1.29, 1.82) is 0 Å². The molecule has 2 amide bonds. The summed E-state index contributed by atoms with van der Waals surface area (Å²) >= 11 is 0. The van der Waals surface area contributed by atoms with Crippen molar-refractivity contribution >= 4 is 23.5 Å². The predicted octanol–water partition coefficient (Wildman–Crippen LogP) is 4.20. The number of carbonyl (C=O) groups is 2. The highest BCUT2D eigenvalue weighted by Crippen LogP contribution is 2.24. The second-order valence-electron chi connectivity index (χ2n) is 6.59. The molecule has 0 fully saturated rings. The Balaban J connectivity index is 1.92. The topological polar surface area (TPSA) is 72.2 Å². The smallest absolute Gasteiger partial charge is 0.252 e. The number of rotatable bonds is 6. The summed E-state index contributed by atoms with van der Waals surface area (Å²) in [5.41, 5.74) is 5.55. The number of nitrogens with one attached hydrogen (secondary N) is 1. The molecular weight excluding hydrogens is 412 g/mol. The van der Waals surface area contributed by atoms with Gasteiger partial charge in [0.1, 0.15) is 23.3 Å². The third-order valence-electron chi connectivity index (χ3n) is 4.42. The maximum absolute atomic E-state index is 14.1. The van der Waals surface area contributed by atoms with Crippen molar-refractivity contribution in [3.8, 4) is 0 Å². The molecule has 0 bridgehead atoms. The Labute approximate surface area is 175 Å². The van der Waals surface area contributed by atoms with Gasteiger partial charge in [-0.1, -0.05) is 24.3 Å². The summed E-state index contributed by atoms with van der Waals surface area (Å²) in [5, 5.41) is 2.60. The van der Waals surface area contributed by atoms with Crippen molar-refractivity contribution < 1.29 is 27.2 Å². The molecule has 0 heterocycles. The Morgan fingerprint density at radius 1 is 0.806 bits per heavy atom. The molecule has 0 atom stereocenters. The van der Waals surface area contributed by atoms with Gasteiger partial charge in [0.25, 0.3) is 5.91 Å². The van der Waals surface area contributed by atoms with Gasteiger partial charge in [-0.2, -0.15) is 0 Å². The van der Waals surface area contributed by atoms with Gasteiger partial charge < -0.3 is 11.1 Å². The first-order chi connectivity index (χ1) is 14.7. The number of hydrogen-bond acceptors (Lipinski definition) is 2. The van der Waals surface area contributed by atoms with Crippen molar-refractivity contribution in [2.24, 2.45) is 5.73 Å². The summed E-state index contributed by atoms with van der Waals surface area (Å²) in [6.45, 7) is 0.0325. The van der Waals surface area contributed by atoms with Crippen molar-refractivity contribution in [3.05, 3.63) is 106 Å². The first-order valence-electron chi connectivity index (χ1n) is 9.03. The third kappa shape index (κ3) is 5.36. The van der Waals surface area contributed by atoms with Gasteiger partial charge in [-0.15, -0.1) is 0 Å². The number of amides is 2. The monoisotopic (exact) mass is 428 g/mol. The average molecular weight is 428 g/mol. The van der Waals surface area contributed by atoms with E-state index in [4.69, 9.17) is 5.73 Å². The highest BCUT2D eigenvalue weighted by molar-refractivity contribution is 6.24. The van der Waals surface area contributed by atoms with E-state index in [-0.39, 0.29) is 17.7 Å². The predicted molar refractivity (Wildman–Crippen MR) is 107 cm³/mol. The van der Waals surface area contributed by atoms with Gasteiger partial charge in [-0.05, 0) is 41.5 Å². The zero-order chi connectivity index (χ0) is 22.5. The lowest BCUT2D eigenvalue weighted by atomic mass is 10.0. The molecular formula is C23H16F4N2O2. The SMILES string of the molecule is NC(=O)c1ccc(CNC(=O)/C(=C/c2c(F)cc(F)cc2F)c2ccc(F)cc2)cc1. The molecule has 8 heteroatoms. The number of primary amides is 1. The lowest BCUT2D eigenvalue weighted by molar-refractivity contribution is -0.115. The van der Waals surface area contributed by atoms with E-state index in [2.05, 4.69) is 5.32 Å². The van der Waals surface area contributed by atoms with Crippen LogP contribution in [0, 0.1) is 23.3 Å². The molecule has 3 aromatic carbocycles. The quantitative estimate of drug-likeness (QED) is 0.351. The lowest BCUT2D eigenvalue weighted by Crippen LogP contribution is -2.24. The van der Waals surface area contributed by atoms with E-state index < -0.39 is 40.6 Å². The average Bonchev–Trinajstić information content (AvgIpc) is 2.72. The fourth-order valence-electron chi connectivity index (χ4n) is 2.81. The lowest BCUT2D eigenvalue weighted by Gasteiger charge is -2.11. The largest absolute Gasteiger partial charge is 0.366 e. The van der Waals surface area contributed by atoms with Crippen LogP contribution < -0.4 is 11.1 Å². The Hall–Kier alpha value is -3.94. The Bertz CT molecular complexity index is 1130. The first-order valence-corrected chi connectivity index (χ1v) is 9.03. The van der Waals surface area contributed by atoms with Gasteiger partial charge in [0, 0.05) is 35.4 Å². The molecule has 0 aliphatic carbocycles. The number of nitrogens with two attached hydrogens (primary N) is 1. The van der Waals surface area contributed by atoms with Crippen molar-refractivity contribution in [1.82, 2.24) is 5.32 Å². The molecule has 158 valence electrons. The van der Waals surface area contributed by atoms with Crippen molar-refractivity contribution in [3.63, 3.8) is 0 Å². The van der Waals surface area contributed by atoms with Gasteiger partial charge in [-0.3, -0.25) is 9.59 Å². The fraction of sp³-hybridized carbons (Fsp3) is 0.0435.